The fourth-order valence-electron chi connectivity index (χ4n) is 2.45. The lowest BCUT2D eigenvalue weighted by atomic mass is 10.1. The number of hydrogen-bond donors (Lipinski definition) is 1. The van der Waals surface area contributed by atoms with E-state index in [9.17, 15) is 0 Å². The van der Waals surface area contributed by atoms with Gasteiger partial charge in [-0.25, -0.2) is 0 Å². The van der Waals surface area contributed by atoms with E-state index in [1.807, 2.05) is 36.4 Å². The van der Waals surface area contributed by atoms with Crippen LogP contribution in [-0.4, -0.2) is 19.2 Å². The van der Waals surface area contributed by atoms with Gasteiger partial charge in [-0.05, 0) is 42.0 Å². The third-order valence-corrected chi connectivity index (χ3v) is 3.58. The monoisotopic (exact) mass is 294 g/mol. The number of methoxy groups -OCH3 is 2. The van der Waals surface area contributed by atoms with Crippen molar-refractivity contribution in [1.82, 2.24) is 4.98 Å². The Kier molecular flexibility index (Phi) is 4.10. The van der Waals surface area contributed by atoms with Crippen LogP contribution in [0.3, 0.4) is 0 Å². The molecular weight excluding hydrogens is 276 g/mol. The predicted octanol–water partition coefficient (Wildman–Crippen LogP) is 3.86. The zero-order valence-electron chi connectivity index (χ0n) is 12.7. The average Bonchev–Trinajstić information content (AvgIpc) is 2.59. The summed E-state index contributed by atoms with van der Waals surface area (Å²) >= 11 is 0. The molecule has 0 saturated carbocycles. The summed E-state index contributed by atoms with van der Waals surface area (Å²) in [6, 6.07) is 16.0. The van der Waals surface area contributed by atoms with Crippen molar-refractivity contribution in [3.63, 3.8) is 0 Å². The van der Waals surface area contributed by atoms with Gasteiger partial charge in [-0.1, -0.05) is 12.1 Å². The summed E-state index contributed by atoms with van der Waals surface area (Å²) in [5, 5.41) is 4.57. The van der Waals surface area contributed by atoms with E-state index < -0.39 is 0 Å². The minimum atomic E-state index is 0.703. The van der Waals surface area contributed by atoms with Gasteiger partial charge in [0.1, 0.15) is 0 Å². The molecule has 22 heavy (non-hydrogen) atoms. The van der Waals surface area contributed by atoms with Gasteiger partial charge in [0.25, 0.3) is 0 Å². The molecule has 0 radical (unpaired) electrons. The molecule has 0 atom stereocenters. The normalized spacial score (nSPS) is 10.5. The molecule has 0 aliphatic carbocycles. The summed E-state index contributed by atoms with van der Waals surface area (Å²) in [7, 11) is 3.28. The Bertz CT molecular complexity index is 782. The number of aromatic nitrogens is 1. The van der Waals surface area contributed by atoms with Crippen molar-refractivity contribution >= 4 is 16.6 Å². The van der Waals surface area contributed by atoms with Crippen molar-refractivity contribution in [3.8, 4) is 11.5 Å². The lowest BCUT2D eigenvalue weighted by molar-refractivity contribution is 0.354. The van der Waals surface area contributed by atoms with Crippen LogP contribution < -0.4 is 14.8 Å². The molecule has 0 amide bonds. The highest BCUT2D eigenvalue weighted by atomic mass is 16.5. The summed E-state index contributed by atoms with van der Waals surface area (Å²) in [4.78, 5) is 4.37. The van der Waals surface area contributed by atoms with Gasteiger partial charge in [0.2, 0.25) is 0 Å². The fraction of sp³-hybridized carbons (Fsp3) is 0.167. The van der Waals surface area contributed by atoms with E-state index in [2.05, 4.69) is 22.4 Å². The minimum Gasteiger partial charge on any atom is -0.493 e. The Morgan fingerprint density at radius 1 is 0.955 bits per heavy atom. The molecule has 0 unspecified atom stereocenters. The van der Waals surface area contributed by atoms with Gasteiger partial charge in [0.15, 0.2) is 11.5 Å². The lowest BCUT2D eigenvalue weighted by Crippen LogP contribution is -2.01. The van der Waals surface area contributed by atoms with Gasteiger partial charge in [-0.3, -0.25) is 4.98 Å². The van der Waals surface area contributed by atoms with Gasteiger partial charge in [0.05, 0.1) is 19.7 Å². The Balaban J connectivity index is 1.82. The van der Waals surface area contributed by atoms with Gasteiger partial charge in [0, 0.05) is 23.8 Å². The highest BCUT2D eigenvalue weighted by Gasteiger charge is 2.05. The number of rotatable bonds is 5. The van der Waals surface area contributed by atoms with Gasteiger partial charge in [-0.15, -0.1) is 0 Å². The molecule has 0 aliphatic heterocycles. The molecule has 2 aromatic carbocycles. The molecule has 0 fully saturated rings. The van der Waals surface area contributed by atoms with E-state index >= 15 is 0 Å². The van der Waals surface area contributed by atoms with Crippen LogP contribution in [0, 0.1) is 0 Å². The molecule has 3 rings (SSSR count). The second-order valence-electron chi connectivity index (χ2n) is 4.92. The zero-order valence-corrected chi connectivity index (χ0v) is 12.7. The van der Waals surface area contributed by atoms with Gasteiger partial charge < -0.3 is 14.8 Å². The number of hydrogen-bond acceptors (Lipinski definition) is 4. The summed E-state index contributed by atoms with van der Waals surface area (Å²) in [5.74, 6) is 1.47. The third-order valence-electron chi connectivity index (χ3n) is 3.58. The summed E-state index contributed by atoms with van der Waals surface area (Å²) in [6.45, 7) is 0.703. The first-order chi connectivity index (χ1) is 10.8. The lowest BCUT2D eigenvalue weighted by Gasteiger charge is -2.12. The first kappa shape index (κ1) is 14.2. The smallest absolute Gasteiger partial charge is 0.161 e. The molecule has 4 heteroatoms. The Hall–Kier alpha value is -2.75. The van der Waals surface area contributed by atoms with Crippen molar-refractivity contribution < 1.29 is 9.47 Å². The topological polar surface area (TPSA) is 43.4 Å². The van der Waals surface area contributed by atoms with E-state index in [0.29, 0.717) is 6.54 Å². The molecule has 0 spiro atoms. The van der Waals surface area contributed by atoms with E-state index in [-0.39, 0.29) is 0 Å². The fourth-order valence-corrected chi connectivity index (χ4v) is 2.45. The summed E-state index contributed by atoms with van der Waals surface area (Å²) in [6.07, 6.45) is 1.81. The minimum absolute atomic E-state index is 0.703. The van der Waals surface area contributed by atoms with Crippen molar-refractivity contribution in [1.29, 1.82) is 0 Å². The first-order valence-electron chi connectivity index (χ1n) is 7.10. The molecule has 0 saturated heterocycles. The zero-order chi connectivity index (χ0) is 15.4. The highest BCUT2D eigenvalue weighted by Crippen LogP contribution is 2.28. The predicted molar refractivity (Wildman–Crippen MR) is 88.6 cm³/mol. The number of pyridine rings is 1. The molecule has 4 nitrogen and oxygen atoms in total. The van der Waals surface area contributed by atoms with Crippen LogP contribution in [0.15, 0.2) is 54.7 Å². The second-order valence-corrected chi connectivity index (χ2v) is 4.92. The molecule has 0 aliphatic rings. The van der Waals surface area contributed by atoms with Crippen LogP contribution in [0.25, 0.3) is 10.9 Å². The molecule has 1 heterocycles. The number of nitrogens with zero attached hydrogens (tertiary/aromatic N) is 1. The SMILES string of the molecule is COc1ccc(CNc2cccc3ncccc23)cc1OC. The van der Waals surface area contributed by atoms with E-state index in [0.717, 1.165) is 33.7 Å². The number of fused-ring (bicyclic) bond motifs is 1. The van der Waals surface area contributed by atoms with Gasteiger partial charge >= 0.3 is 0 Å². The van der Waals surface area contributed by atoms with Crippen LogP contribution in [0.2, 0.25) is 0 Å². The molecule has 0 bridgehead atoms. The third kappa shape index (κ3) is 2.81. The van der Waals surface area contributed by atoms with Crippen LogP contribution in [0.5, 0.6) is 11.5 Å². The molecular formula is C18H18N2O2. The molecule has 112 valence electrons. The summed E-state index contributed by atoms with van der Waals surface area (Å²) < 4.78 is 10.6. The summed E-state index contributed by atoms with van der Waals surface area (Å²) in [5.41, 5.74) is 3.18. The molecule has 3 aromatic rings. The standard InChI is InChI=1S/C18H18N2O2/c1-21-17-9-8-13(11-18(17)22-2)12-20-16-7-3-6-15-14(16)5-4-10-19-15/h3-11,20H,12H2,1-2H3. The first-order valence-corrected chi connectivity index (χ1v) is 7.10. The molecule has 1 aromatic heterocycles. The Morgan fingerprint density at radius 2 is 1.82 bits per heavy atom. The average molecular weight is 294 g/mol. The Labute approximate surface area is 129 Å². The second kappa shape index (κ2) is 6.35. The van der Waals surface area contributed by atoms with E-state index in [4.69, 9.17) is 9.47 Å². The van der Waals surface area contributed by atoms with Crippen molar-refractivity contribution in [3.05, 3.63) is 60.3 Å². The number of ether oxygens (including phenoxy) is 2. The van der Waals surface area contributed by atoms with Crippen LogP contribution >= 0.6 is 0 Å². The van der Waals surface area contributed by atoms with E-state index in [1.165, 1.54) is 0 Å². The van der Waals surface area contributed by atoms with Crippen molar-refractivity contribution in [2.75, 3.05) is 19.5 Å². The van der Waals surface area contributed by atoms with Crippen LogP contribution in [0.1, 0.15) is 5.56 Å². The highest BCUT2D eigenvalue weighted by molar-refractivity contribution is 5.91. The van der Waals surface area contributed by atoms with E-state index in [1.54, 1.807) is 20.4 Å². The maximum absolute atomic E-state index is 5.34. The van der Waals surface area contributed by atoms with Crippen molar-refractivity contribution in [2.45, 2.75) is 6.54 Å². The molecule has 1 N–H and O–H groups in total. The largest absolute Gasteiger partial charge is 0.493 e. The van der Waals surface area contributed by atoms with Gasteiger partial charge in [-0.2, -0.15) is 0 Å². The maximum atomic E-state index is 5.34. The maximum Gasteiger partial charge on any atom is 0.161 e. The van der Waals surface area contributed by atoms with Crippen LogP contribution in [0.4, 0.5) is 5.69 Å². The van der Waals surface area contributed by atoms with Crippen molar-refractivity contribution in [2.24, 2.45) is 0 Å². The number of nitrogens with one attached hydrogen (secondary N) is 1. The number of benzene rings is 2. The van der Waals surface area contributed by atoms with Crippen LogP contribution in [-0.2, 0) is 6.54 Å². The Morgan fingerprint density at radius 3 is 2.64 bits per heavy atom. The number of anilines is 1. The quantitative estimate of drug-likeness (QED) is 0.776.